The van der Waals surface area contributed by atoms with E-state index in [1.165, 1.54) is 32.3 Å². The van der Waals surface area contributed by atoms with Gasteiger partial charge in [-0.05, 0) is 13.8 Å². The molecule has 0 aliphatic heterocycles. The van der Waals surface area contributed by atoms with E-state index < -0.39 is 25.9 Å². The Bertz CT molecular complexity index is 601. The molecule has 1 aromatic heterocycles. The SMILES string of the molecule is CC(C)(CNC(=O)c1c[nH]ccc1=O)S(C)(=O)=O. The summed E-state index contributed by atoms with van der Waals surface area (Å²) in [5, 5.41) is 2.45. The molecular formula is C11H16N2O4S. The minimum Gasteiger partial charge on any atom is -0.367 e. The van der Waals surface area contributed by atoms with E-state index in [-0.39, 0.29) is 12.1 Å². The summed E-state index contributed by atoms with van der Waals surface area (Å²) in [6.07, 6.45) is 3.80. The van der Waals surface area contributed by atoms with Gasteiger partial charge in [-0.25, -0.2) is 8.42 Å². The van der Waals surface area contributed by atoms with Gasteiger partial charge in [0.2, 0.25) is 0 Å². The van der Waals surface area contributed by atoms with Crippen LogP contribution in [0.4, 0.5) is 0 Å². The smallest absolute Gasteiger partial charge is 0.256 e. The highest BCUT2D eigenvalue weighted by molar-refractivity contribution is 7.92. The van der Waals surface area contributed by atoms with Crippen molar-refractivity contribution in [1.29, 1.82) is 0 Å². The Kier molecular flexibility index (Phi) is 3.95. The first-order valence-electron chi connectivity index (χ1n) is 5.30. The highest BCUT2D eigenvalue weighted by atomic mass is 32.2. The number of hydrogen-bond donors (Lipinski definition) is 2. The first-order valence-corrected chi connectivity index (χ1v) is 7.19. The molecule has 100 valence electrons. The molecular weight excluding hydrogens is 256 g/mol. The average molecular weight is 272 g/mol. The number of carbonyl (C=O) groups is 1. The largest absolute Gasteiger partial charge is 0.367 e. The Balaban J connectivity index is 2.81. The first kappa shape index (κ1) is 14.4. The third-order valence-electron chi connectivity index (χ3n) is 2.75. The summed E-state index contributed by atoms with van der Waals surface area (Å²) in [5.41, 5.74) is -0.454. The van der Waals surface area contributed by atoms with Crippen molar-refractivity contribution in [2.24, 2.45) is 0 Å². The van der Waals surface area contributed by atoms with Gasteiger partial charge < -0.3 is 10.3 Å². The summed E-state index contributed by atoms with van der Waals surface area (Å²) in [7, 11) is -3.29. The normalized spacial score (nSPS) is 12.2. The van der Waals surface area contributed by atoms with Crippen LogP contribution in [-0.4, -0.2) is 36.9 Å². The van der Waals surface area contributed by atoms with Gasteiger partial charge in [0.05, 0.1) is 4.75 Å². The highest BCUT2D eigenvalue weighted by Gasteiger charge is 2.30. The maximum absolute atomic E-state index is 11.7. The third kappa shape index (κ3) is 3.19. The van der Waals surface area contributed by atoms with Crippen LogP contribution in [0.3, 0.4) is 0 Å². The predicted octanol–water partition coefficient (Wildman–Crippen LogP) is -0.0721. The molecule has 18 heavy (non-hydrogen) atoms. The molecule has 0 fully saturated rings. The molecule has 1 heterocycles. The van der Waals surface area contributed by atoms with Gasteiger partial charge in [0.15, 0.2) is 15.3 Å². The molecule has 0 bridgehead atoms. The fourth-order valence-electron chi connectivity index (χ4n) is 1.11. The van der Waals surface area contributed by atoms with Crippen molar-refractivity contribution in [2.75, 3.05) is 12.8 Å². The number of H-pyrrole nitrogens is 1. The van der Waals surface area contributed by atoms with Gasteiger partial charge in [-0.3, -0.25) is 9.59 Å². The van der Waals surface area contributed by atoms with Crippen molar-refractivity contribution < 1.29 is 13.2 Å². The zero-order chi connectivity index (χ0) is 14.0. The fourth-order valence-corrected chi connectivity index (χ4v) is 1.45. The number of carbonyl (C=O) groups excluding carboxylic acids is 1. The van der Waals surface area contributed by atoms with Crippen LogP contribution in [0.2, 0.25) is 0 Å². The molecule has 0 aliphatic carbocycles. The lowest BCUT2D eigenvalue weighted by Gasteiger charge is -2.22. The Morgan fingerprint density at radius 3 is 2.56 bits per heavy atom. The highest BCUT2D eigenvalue weighted by Crippen LogP contribution is 2.13. The first-order chi connectivity index (χ1) is 8.15. The zero-order valence-electron chi connectivity index (χ0n) is 10.5. The molecule has 1 amide bonds. The second kappa shape index (κ2) is 4.93. The van der Waals surface area contributed by atoms with Crippen LogP contribution < -0.4 is 10.7 Å². The number of pyridine rings is 1. The number of amides is 1. The van der Waals surface area contributed by atoms with E-state index in [0.29, 0.717) is 0 Å². The molecule has 7 heteroatoms. The van der Waals surface area contributed by atoms with E-state index in [1.54, 1.807) is 0 Å². The van der Waals surface area contributed by atoms with Crippen molar-refractivity contribution >= 4 is 15.7 Å². The molecule has 0 unspecified atom stereocenters. The van der Waals surface area contributed by atoms with Crippen LogP contribution >= 0.6 is 0 Å². The lowest BCUT2D eigenvalue weighted by molar-refractivity contribution is 0.0949. The Morgan fingerprint density at radius 2 is 2.06 bits per heavy atom. The lowest BCUT2D eigenvalue weighted by Crippen LogP contribution is -2.44. The third-order valence-corrected chi connectivity index (χ3v) is 4.90. The van der Waals surface area contributed by atoms with Crippen molar-refractivity contribution in [2.45, 2.75) is 18.6 Å². The summed E-state index contributed by atoms with van der Waals surface area (Å²) < 4.78 is 21.8. The minimum atomic E-state index is -3.29. The summed E-state index contributed by atoms with van der Waals surface area (Å²) >= 11 is 0. The monoisotopic (exact) mass is 272 g/mol. The number of aromatic nitrogens is 1. The van der Waals surface area contributed by atoms with E-state index in [9.17, 15) is 18.0 Å². The quantitative estimate of drug-likeness (QED) is 0.801. The van der Waals surface area contributed by atoms with Crippen LogP contribution in [0.5, 0.6) is 0 Å². The van der Waals surface area contributed by atoms with Gasteiger partial charge in [0.25, 0.3) is 5.91 Å². The zero-order valence-corrected chi connectivity index (χ0v) is 11.3. The second-order valence-corrected chi connectivity index (χ2v) is 7.29. The number of rotatable bonds is 4. The van der Waals surface area contributed by atoms with Crippen LogP contribution in [-0.2, 0) is 9.84 Å². The van der Waals surface area contributed by atoms with Gasteiger partial charge >= 0.3 is 0 Å². The predicted molar refractivity (Wildman–Crippen MR) is 68.3 cm³/mol. The van der Waals surface area contributed by atoms with Crippen LogP contribution in [0, 0.1) is 0 Å². The fraction of sp³-hybridized carbons (Fsp3) is 0.455. The van der Waals surface area contributed by atoms with Gasteiger partial charge in [-0.2, -0.15) is 0 Å². The van der Waals surface area contributed by atoms with Crippen molar-refractivity contribution in [3.8, 4) is 0 Å². The van der Waals surface area contributed by atoms with Crippen molar-refractivity contribution in [1.82, 2.24) is 10.3 Å². The molecule has 0 saturated carbocycles. The summed E-state index contributed by atoms with van der Waals surface area (Å²) in [4.78, 5) is 25.7. The number of hydrogen-bond acceptors (Lipinski definition) is 4. The van der Waals surface area contributed by atoms with Gasteiger partial charge in [-0.15, -0.1) is 0 Å². The van der Waals surface area contributed by atoms with E-state index in [0.717, 1.165) is 6.26 Å². The van der Waals surface area contributed by atoms with Gasteiger partial charge in [-0.1, -0.05) is 0 Å². The Morgan fingerprint density at radius 1 is 1.44 bits per heavy atom. The molecule has 1 aromatic rings. The van der Waals surface area contributed by atoms with Gasteiger partial charge in [0, 0.05) is 31.3 Å². The second-order valence-electron chi connectivity index (χ2n) is 4.64. The number of aromatic amines is 1. The Hall–Kier alpha value is -1.63. The molecule has 0 radical (unpaired) electrons. The van der Waals surface area contributed by atoms with Crippen LogP contribution in [0.15, 0.2) is 23.3 Å². The maximum Gasteiger partial charge on any atom is 0.256 e. The summed E-state index contributed by atoms with van der Waals surface area (Å²) in [6.45, 7) is 2.97. The number of nitrogens with one attached hydrogen (secondary N) is 2. The van der Waals surface area contributed by atoms with E-state index in [2.05, 4.69) is 10.3 Å². The van der Waals surface area contributed by atoms with Crippen LogP contribution in [0.25, 0.3) is 0 Å². The van der Waals surface area contributed by atoms with Crippen LogP contribution in [0.1, 0.15) is 24.2 Å². The van der Waals surface area contributed by atoms with E-state index in [4.69, 9.17) is 0 Å². The van der Waals surface area contributed by atoms with E-state index in [1.807, 2.05) is 0 Å². The maximum atomic E-state index is 11.7. The van der Waals surface area contributed by atoms with Crippen molar-refractivity contribution in [3.05, 3.63) is 34.2 Å². The molecule has 2 N–H and O–H groups in total. The molecule has 0 aromatic carbocycles. The average Bonchev–Trinajstić information content (AvgIpc) is 2.25. The van der Waals surface area contributed by atoms with Gasteiger partial charge in [0.1, 0.15) is 5.56 Å². The molecule has 0 atom stereocenters. The number of sulfone groups is 1. The molecule has 0 aliphatic rings. The lowest BCUT2D eigenvalue weighted by atomic mass is 10.2. The summed E-state index contributed by atoms with van der Waals surface area (Å²) in [6, 6.07) is 1.23. The molecule has 0 spiro atoms. The van der Waals surface area contributed by atoms with E-state index >= 15 is 0 Å². The minimum absolute atomic E-state index is 0.0400. The Labute approximate surface area is 105 Å². The van der Waals surface area contributed by atoms with Crippen molar-refractivity contribution in [3.63, 3.8) is 0 Å². The summed E-state index contributed by atoms with van der Waals surface area (Å²) in [5.74, 6) is -0.589. The standard InChI is InChI=1S/C11H16N2O4S/c1-11(2,18(3,16)17)7-13-10(15)8-6-12-5-4-9(8)14/h4-6H,7H2,1-3H3,(H,12,14)(H,13,15). The topological polar surface area (TPSA) is 96.1 Å². The molecule has 1 rings (SSSR count). The molecule has 6 nitrogen and oxygen atoms in total. The molecule has 0 saturated heterocycles.